The lowest BCUT2D eigenvalue weighted by Gasteiger charge is -2.03. The van der Waals surface area contributed by atoms with Crippen molar-refractivity contribution in [2.45, 2.75) is 19.8 Å². The average Bonchev–Trinajstić information content (AvgIpc) is 3.31. The summed E-state index contributed by atoms with van der Waals surface area (Å²) in [5.74, 6) is 0.886. The fraction of sp³-hybridized carbons (Fsp3) is 0.222. The highest BCUT2D eigenvalue weighted by molar-refractivity contribution is 6.02. The number of aryl methyl sites for hydroxylation is 1. The van der Waals surface area contributed by atoms with E-state index in [1.165, 1.54) is 11.1 Å². The van der Waals surface area contributed by atoms with Crippen molar-refractivity contribution in [2.24, 2.45) is 5.92 Å². The number of anilines is 1. The summed E-state index contributed by atoms with van der Waals surface area (Å²) in [7, 11) is 0. The molecule has 0 spiro atoms. The zero-order chi connectivity index (χ0) is 15.1. The predicted molar refractivity (Wildman–Crippen MR) is 87.6 cm³/mol. The van der Waals surface area contributed by atoms with Gasteiger partial charge < -0.3 is 5.32 Å². The van der Waals surface area contributed by atoms with Crippen LogP contribution in [-0.2, 0) is 4.79 Å². The molecule has 22 heavy (non-hydrogen) atoms. The zero-order valence-electron chi connectivity index (χ0n) is 12.4. The number of aromatic amines is 1. The Bertz CT molecular complexity index is 844. The number of hydrogen-bond acceptors (Lipinski definition) is 2. The molecule has 1 heterocycles. The Labute approximate surface area is 128 Å². The van der Waals surface area contributed by atoms with Gasteiger partial charge in [0.05, 0.1) is 5.52 Å². The van der Waals surface area contributed by atoms with Gasteiger partial charge in [0.2, 0.25) is 5.91 Å². The Hall–Kier alpha value is -2.62. The van der Waals surface area contributed by atoms with E-state index in [9.17, 15) is 4.79 Å². The number of carbonyl (C=O) groups excluding carboxylic acids is 1. The SMILES string of the molecule is Cc1ccc(-c2ccc3c(NC(=O)C4CC4)n[nH]c3c2)cc1. The Morgan fingerprint density at radius 3 is 2.59 bits per heavy atom. The normalized spacial score (nSPS) is 14.2. The van der Waals surface area contributed by atoms with E-state index in [0.717, 1.165) is 29.3 Å². The van der Waals surface area contributed by atoms with Crippen molar-refractivity contribution in [3.63, 3.8) is 0 Å². The summed E-state index contributed by atoms with van der Waals surface area (Å²) in [5, 5.41) is 11.1. The summed E-state index contributed by atoms with van der Waals surface area (Å²) < 4.78 is 0. The second-order valence-corrected chi connectivity index (χ2v) is 5.96. The van der Waals surface area contributed by atoms with Crippen LogP contribution in [0.5, 0.6) is 0 Å². The molecule has 0 unspecified atom stereocenters. The van der Waals surface area contributed by atoms with Gasteiger partial charge in [-0.05, 0) is 43.0 Å². The number of H-pyrrole nitrogens is 1. The van der Waals surface area contributed by atoms with Crippen molar-refractivity contribution < 1.29 is 4.79 Å². The van der Waals surface area contributed by atoms with Crippen LogP contribution in [0.3, 0.4) is 0 Å². The Balaban J connectivity index is 1.67. The van der Waals surface area contributed by atoms with E-state index in [-0.39, 0.29) is 11.8 Å². The van der Waals surface area contributed by atoms with Gasteiger partial charge in [-0.1, -0.05) is 35.9 Å². The first-order valence-corrected chi connectivity index (χ1v) is 7.57. The van der Waals surface area contributed by atoms with Crippen molar-refractivity contribution in [2.75, 3.05) is 5.32 Å². The fourth-order valence-electron chi connectivity index (χ4n) is 2.60. The maximum absolute atomic E-state index is 11.9. The lowest BCUT2D eigenvalue weighted by molar-refractivity contribution is -0.117. The van der Waals surface area contributed by atoms with Gasteiger partial charge in [-0.2, -0.15) is 5.10 Å². The summed E-state index contributed by atoms with van der Waals surface area (Å²) >= 11 is 0. The van der Waals surface area contributed by atoms with Crippen molar-refractivity contribution >= 4 is 22.6 Å². The molecule has 1 fully saturated rings. The molecule has 1 aliphatic carbocycles. The minimum Gasteiger partial charge on any atom is -0.308 e. The van der Waals surface area contributed by atoms with Gasteiger partial charge in [0.1, 0.15) is 0 Å². The second kappa shape index (κ2) is 4.98. The van der Waals surface area contributed by atoms with Gasteiger partial charge in [0.15, 0.2) is 5.82 Å². The summed E-state index contributed by atoms with van der Waals surface area (Å²) in [6.45, 7) is 2.08. The van der Waals surface area contributed by atoms with E-state index >= 15 is 0 Å². The molecule has 4 nitrogen and oxygen atoms in total. The topological polar surface area (TPSA) is 57.8 Å². The minimum atomic E-state index is 0.0796. The summed E-state index contributed by atoms with van der Waals surface area (Å²) in [6.07, 6.45) is 1.98. The number of aromatic nitrogens is 2. The summed E-state index contributed by atoms with van der Waals surface area (Å²) in [4.78, 5) is 11.9. The summed E-state index contributed by atoms with van der Waals surface area (Å²) in [6, 6.07) is 14.6. The third kappa shape index (κ3) is 2.37. The van der Waals surface area contributed by atoms with Crippen LogP contribution in [0.1, 0.15) is 18.4 Å². The third-order valence-electron chi connectivity index (χ3n) is 4.14. The first-order chi connectivity index (χ1) is 10.7. The van der Waals surface area contributed by atoms with Gasteiger partial charge in [0.25, 0.3) is 0 Å². The van der Waals surface area contributed by atoms with Crippen LogP contribution in [0.4, 0.5) is 5.82 Å². The number of nitrogens with zero attached hydrogens (tertiary/aromatic N) is 1. The molecule has 1 aliphatic rings. The monoisotopic (exact) mass is 291 g/mol. The summed E-state index contributed by atoms with van der Waals surface area (Å²) in [5.41, 5.74) is 4.49. The van der Waals surface area contributed by atoms with Crippen LogP contribution in [0, 0.1) is 12.8 Å². The highest BCUT2D eigenvalue weighted by atomic mass is 16.2. The Morgan fingerprint density at radius 2 is 1.86 bits per heavy atom. The molecular weight excluding hydrogens is 274 g/mol. The molecule has 0 saturated heterocycles. The Morgan fingerprint density at radius 1 is 1.14 bits per heavy atom. The van der Waals surface area contributed by atoms with Gasteiger partial charge in [-0.25, -0.2) is 0 Å². The first kappa shape index (κ1) is 13.1. The molecular formula is C18H17N3O. The highest BCUT2D eigenvalue weighted by Gasteiger charge is 2.30. The quantitative estimate of drug-likeness (QED) is 0.769. The number of carbonyl (C=O) groups is 1. The van der Waals surface area contributed by atoms with E-state index < -0.39 is 0 Å². The second-order valence-electron chi connectivity index (χ2n) is 5.96. The molecule has 4 rings (SSSR count). The molecule has 1 aromatic heterocycles. The number of hydrogen-bond donors (Lipinski definition) is 2. The van der Waals surface area contributed by atoms with Crippen LogP contribution >= 0.6 is 0 Å². The maximum Gasteiger partial charge on any atom is 0.228 e. The largest absolute Gasteiger partial charge is 0.308 e. The van der Waals surface area contributed by atoms with E-state index in [1.807, 2.05) is 6.07 Å². The van der Waals surface area contributed by atoms with Crippen molar-refractivity contribution in [1.29, 1.82) is 0 Å². The molecule has 4 heteroatoms. The molecule has 2 aromatic carbocycles. The number of amides is 1. The Kier molecular flexibility index (Phi) is 2.96. The van der Waals surface area contributed by atoms with Crippen molar-refractivity contribution in [3.8, 4) is 11.1 Å². The van der Waals surface area contributed by atoms with Gasteiger partial charge in [-0.15, -0.1) is 0 Å². The molecule has 110 valence electrons. The molecule has 0 radical (unpaired) electrons. The smallest absolute Gasteiger partial charge is 0.228 e. The number of rotatable bonds is 3. The molecule has 1 saturated carbocycles. The third-order valence-corrected chi connectivity index (χ3v) is 4.14. The predicted octanol–water partition coefficient (Wildman–Crippen LogP) is 3.89. The molecule has 0 aliphatic heterocycles. The van der Waals surface area contributed by atoms with Crippen LogP contribution in [0.25, 0.3) is 22.0 Å². The van der Waals surface area contributed by atoms with Crippen molar-refractivity contribution in [1.82, 2.24) is 10.2 Å². The highest BCUT2D eigenvalue weighted by Crippen LogP contribution is 2.32. The van der Waals surface area contributed by atoms with Gasteiger partial charge in [0, 0.05) is 11.3 Å². The van der Waals surface area contributed by atoms with E-state index in [4.69, 9.17) is 0 Å². The lowest BCUT2D eigenvalue weighted by Crippen LogP contribution is -2.13. The lowest BCUT2D eigenvalue weighted by atomic mass is 10.0. The minimum absolute atomic E-state index is 0.0796. The zero-order valence-corrected chi connectivity index (χ0v) is 12.4. The standard InChI is InChI=1S/C18H17N3O/c1-11-2-4-12(5-3-11)14-8-9-15-16(10-14)20-21-17(15)19-18(22)13-6-7-13/h2-5,8-10,13H,6-7H2,1H3,(H2,19,20,21,22). The molecule has 1 amide bonds. The van der Waals surface area contributed by atoms with E-state index in [1.54, 1.807) is 0 Å². The van der Waals surface area contributed by atoms with Crippen LogP contribution in [-0.4, -0.2) is 16.1 Å². The van der Waals surface area contributed by atoms with Gasteiger partial charge in [-0.3, -0.25) is 9.89 Å². The number of benzene rings is 2. The number of nitrogens with one attached hydrogen (secondary N) is 2. The van der Waals surface area contributed by atoms with Crippen LogP contribution in [0.2, 0.25) is 0 Å². The van der Waals surface area contributed by atoms with Crippen LogP contribution in [0.15, 0.2) is 42.5 Å². The van der Waals surface area contributed by atoms with Crippen LogP contribution < -0.4 is 5.32 Å². The molecule has 3 aromatic rings. The van der Waals surface area contributed by atoms with Crippen molar-refractivity contribution in [3.05, 3.63) is 48.0 Å². The average molecular weight is 291 g/mol. The maximum atomic E-state index is 11.9. The first-order valence-electron chi connectivity index (χ1n) is 7.57. The molecule has 2 N–H and O–H groups in total. The van der Waals surface area contributed by atoms with E-state index in [0.29, 0.717) is 5.82 Å². The molecule has 0 atom stereocenters. The molecule has 0 bridgehead atoms. The van der Waals surface area contributed by atoms with E-state index in [2.05, 4.69) is 58.8 Å². The van der Waals surface area contributed by atoms with Gasteiger partial charge >= 0.3 is 0 Å². The number of fused-ring (bicyclic) bond motifs is 1. The fourth-order valence-corrected chi connectivity index (χ4v) is 2.60.